The second-order valence-corrected chi connectivity index (χ2v) is 4.04. The molecule has 1 saturated heterocycles. The summed E-state index contributed by atoms with van der Waals surface area (Å²) in [5, 5.41) is 3.15. The Morgan fingerprint density at radius 2 is 2.12 bits per heavy atom. The van der Waals surface area contributed by atoms with E-state index in [-0.39, 0.29) is 6.10 Å². The van der Waals surface area contributed by atoms with Crippen molar-refractivity contribution in [2.45, 2.75) is 18.7 Å². The Labute approximate surface area is 97.8 Å². The highest BCUT2D eigenvalue weighted by atomic mass is 19.4. The van der Waals surface area contributed by atoms with Crippen LogP contribution in [0.2, 0.25) is 0 Å². The first kappa shape index (κ1) is 12.4. The van der Waals surface area contributed by atoms with Crippen molar-refractivity contribution in [3.05, 3.63) is 35.4 Å². The zero-order chi connectivity index (χ0) is 12.3. The molecule has 0 aliphatic carbocycles. The fraction of sp³-hybridized carbons (Fsp3) is 0.500. The third-order valence-electron chi connectivity index (χ3n) is 2.73. The highest BCUT2D eigenvalue weighted by Gasteiger charge is 2.31. The zero-order valence-corrected chi connectivity index (χ0v) is 9.26. The summed E-state index contributed by atoms with van der Waals surface area (Å²) in [6, 6.07) is 5.34. The van der Waals surface area contributed by atoms with E-state index in [2.05, 4.69) is 5.32 Å². The fourth-order valence-electron chi connectivity index (χ4n) is 1.84. The average Bonchev–Trinajstić information content (AvgIpc) is 2.56. The number of hydrogen-bond acceptors (Lipinski definition) is 2. The van der Waals surface area contributed by atoms with Crippen LogP contribution < -0.4 is 5.32 Å². The summed E-state index contributed by atoms with van der Waals surface area (Å²) in [6.45, 7) is 1.98. The number of halogens is 3. The summed E-state index contributed by atoms with van der Waals surface area (Å²) in [6.07, 6.45) is -3.70. The molecule has 1 aromatic rings. The summed E-state index contributed by atoms with van der Waals surface area (Å²) in [7, 11) is 0. The largest absolute Gasteiger partial charge is 0.416 e. The van der Waals surface area contributed by atoms with Crippen molar-refractivity contribution in [2.24, 2.45) is 0 Å². The van der Waals surface area contributed by atoms with Crippen LogP contribution in [0.1, 0.15) is 23.7 Å². The number of hydrogen-bond donors (Lipinski definition) is 1. The Hall–Kier alpha value is -1.07. The quantitative estimate of drug-likeness (QED) is 0.821. The molecule has 0 spiro atoms. The van der Waals surface area contributed by atoms with Gasteiger partial charge in [0.25, 0.3) is 0 Å². The number of benzene rings is 1. The fourth-order valence-corrected chi connectivity index (χ4v) is 1.84. The maximum absolute atomic E-state index is 12.6. The highest BCUT2D eigenvalue weighted by molar-refractivity contribution is 5.27. The summed E-state index contributed by atoms with van der Waals surface area (Å²) in [5.41, 5.74) is -0.0444. The van der Waals surface area contributed by atoms with Gasteiger partial charge in [0.05, 0.1) is 11.7 Å². The van der Waals surface area contributed by atoms with Crippen molar-refractivity contribution in [3.8, 4) is 0 Å². The molecule has 1 fully saturated rings. The molecule has 1 atom stereocenters. The standard InChI is InChI=1S/C12H14F3NO/c13-12(14,15)10-4-1-3-9(7-10)11-8-16-5-2-6-17-11/h1,3-4,7,11,16H,2,5-6,8H2. The third kappa shape index (κ3) is 3.20. The van der Waals surface area contributed by atoms with E-state index >= 15 is 0 Å². The molecule has 0 amide bonds. The lowest BCUT2D eigenvalue weighted by molar-refractivity contribution is -0.137. The Morgan fingerprint density at radius 3 is 2.88 bits per heavy atom. The highest BCUT2D eigenvalue weighted by Crippen LogP contribution is 2.31. The molecule has 5 heteroatoms. The molecule has 2 rings (SSSR count). The van der Waals surface area contributed by atoms with Gasteiger partial charge >= 0.3 is 6.18 Å². The first-order valence-corrected chi connectivity index (χ1v) is 5.57. The van der Waals surface area contributed by atoms with Crippen LogP contribution >= 0.6 is 0 Å². The molecule has 0 radical (unpaired) electrons. The van der Waals surface area contributed by atoms with Crippen LogP contribution in [0.25, 0.3) is 0 Å². The molecule has 17 heavy (non-hydrogen) atoms. The summed E-state index contributed by atoms with van der Waals surface area (Å²) < 4.78 is 43.2. The molecule has 0 saturated carbocycles. The zero-order valence-electron chi connectivity index (χ0n) is 9.26. The summed E-state index contributed by atoms with van der Waals surface area (Å²) >= 11 is 0. The van der Waals surface area contributed by atoms with Crippen LogP contribution in [0.5, 0.6) is 0 Å². The Bertz CT molecular complexity index is 370. The third-order valence-corrected chi connectivity index (χ3v) is 2.73. The van der Waals surface area contributed by atoms with Crippen molar-refractivity contribution in [2.75, 3.05) is 19.7 Å². The number of rotatable bonds is 1. The molecule has 1 heterocycles. The number of nitrogens with one attached hydrogen (secondary N) is 1. The van der Waals surface area contributed by atoms with Gasteiger partial charge in [-0.2, -0.15) is 13.2 Å². The minimum absolute atomic E-state index is 0.292. The van der Waals surface area contributed by atoms with E-state index in [1.165, 1.54) is 6.07 Å². The van der Waals surface area contributed by atoms with Gasteiger partial charge in [-0.25, -0.2) is 0 Å². The molecular weight excluding hydrogens is 231 g/mol. The van der Waals surface area contributed by atoms with Gasteiger partial charge in [0.15, 0.2) is 0 Å². The van der Waals surface area contributed by atoms with E-state index < -0.39 is 11.7 Å². The van der Waals surface area contributed by atoms with Gasteiger partial charge < -0.3 is 10.1 Å². The SMILES string of the molecule is FC(F)(F)c1cccc(C2CNCCCO2)c1. The lowest BCUT2D eigenvalue weighted by atomic mass is 10.1. The minimum atomic E-state index is -4.30. The molecule has 0 aromatic heterocycles. The molecule has 1 N–H and O–H groups in total. The predicted molar refractivity (Wildman–Crippen MR) is 57.6 cm³/mol. The maximum atomic E-state index is 12.6. The summed E-state index contributed by atoms with van der Waals surface area (Å²) in [5.74, 6) is 0. The predicted octanol–water partition coefficient (Wildman–Crippen LogP) is 2.76. The number of alkyl halides is 3. The molecule has 0 bridgehead atoms. The van der Waals surface area contributed by atoms with Gasteiger partial charge in [0, 0.05) is 13.2 Å². The molecule has 94 valence electrons. The first-order chi connectivity index (χ1) is 8.07. The van der Waals surface area contributed by atoms with Crippen molar-refractivity contribution in [1.82, 2.24) is 5.32 Å². The van der Waals surface area contributed by atoms with Crippen molar-refractivity contribution in [3.63, 3.8) is 0 Å². The van der Waals surface area contributed by atoms with E-state index in [1.54, 1.807) is 6.07 Å². The van der Waals surface area contributed by atoms with Crippen LogP contribution in [0.3, 0.4) is 0 Å². The van der Waals surface area contributed by atoms with E-state index in [1.807, 2.05) is 0 Å². The van der Waals surface area contributed by atoms with Crippen molar-refractivity contribution in [1.29, 1.82) is 0 Å². The van der Waals surface area contributed by atoms with Gasteiger partial charge in [-0.05, 0) is 30.7 Å². The first-order valence-electron chi connectivity index (χ1n) is 5.57. The molecule has 1 aliphatic heterocycles. The second-order valence-electron chi connectivity index (χ2n) is 4.04. The van der Waals surface area contributed by atoms with Crippen LogP contribution in [0.15, 0.2) is 24.3 Å². The number of ether oxygens (including phenoxy) is 1. The molecule has 1 unspecified atom stereocenters. The van der Waals surface area contributed by atoms with Crippen molar-refractivity contribution >= 4 is 0 Å². The molecule has 1 aliphatic rings. The van der Waals surface area contributed by atoms with E-state index in [0.717, 1.165) is 25.1 Å². The van der Waals surface area contributed by atoms with Gasteiger partial charge in [-0.1, -0.05) is 12.1 Å². The van der Waals surface area contributed by atoms with Crippen LogP contribution in [-0.4, -0.2) is 19.7 Å². The molecule has 2 nitrogen and oxygen atoms in total. The van der Waals surface area contributed by atoms with E-state index in [9.17, 15) is 13.2 Å². The van der Waals surface area contributed by atoms with Gasteiger partial charge in [-0.3, -0.25) is 0 Å². The normalized spacial score (nSPS) is 22.2. The van der Waals surface area contributed by atoms with E-state index in [0.29, 0.717) is 18.7 Å². The Morgan fingerprint density at radius 1 is 1.29 bits per heavy atom. The molecule has 1 aromatic carbocycles. The second kappa shape index (κ2) is 5.06. The Balaban J connectivity index is 2.20. The smallest absolute Gasteiger partial charge is 0.372 e. The van der Waals surface area contributed by atoms with Crippen LogP contribution in [0, 0.1) is 0 Å². The van der Waals surface area contributed by atoms with Crippen molar-refractivity contribution < 1.29 is 17.9 Å². The topological polar surface area (TPSA) is 21.3 Å². The summed E-state index contributed by atoms with van der Waals surface area (Å²) in [4.78, 5) is 0. The lowest BCUT2D eigenvalue weighted by Crippen LogP contribution is -2.20. The monoisotopic (exact) mass is 245 g/mol. The van der Waals surface area contributed by atoms with Crippen LogP contribution in [-0.2, 0) is 10.9 Å². The lowest BCUT2D eigenvalue weighted by Gasteiger charge is -2.17. The Kier molecular flexibility index (Phi) is 3.69. The minimum Gasteiger partial charge on any atom is -0.372 e. The molecular formula is C12H14F3NO. The van der Waals surface area contributed by atoms with Crippen LogP contribution in [0.4, 0.5) is 13.2 Å². The average molecular weight is 245 g/mol. The maximum Gasteiger partial charge on any atom is 0.416 e. The van der Waals surface area contributed by atoms with E-state index in [4.69, 9.17) is 4.74 Å². The van der Waals surface area contributed by atoms with Gasteiger partial charge in [0.1, 0.15) is 0 Å². The van der Waals surface area contributed by atoms with Gasteiger partial charge in [-0.15, -0.1) is 0 Å². The van der Waals surface area contributed by atoms with Gasteiger partial charge in [0.2, 0.25) is 0 Å².